The molecule has 0 spiro atoms. The molecule has 316 valence electrons. The summed E-state index contributed by atoms with van der Waals surface area (Å²) in [7, 11) is 0. The Hall–Kier alpha value is -4.62. The van der Waals surface area contributed by atoms with Gasteiger partial charge < -0.3 is 51.0 Å². The van der Waals surface area contributed by atoms with Crippen LogP contribution < -0.4 is 32.4 Å². The molecule has 0 saturated heterocycles. The summed E-state index contributed by atoms with van der Waals surface area (Å²) in [4.78, 5) is 34.7. The number of rotatable bonds is 21. The minimum Gasteiger partial charge on any atom is -0.481 e. The number of aliphatic hydroxyl groups excluding tert-OH is 2. The van der Waals surface area contributed by atoms with Crippen molar-refractivity contribution >= 4 is 36.2 Å². The van der Waals surface area contributed by atoms with E-state index in [9.17, 15) is 30.0 Å². The molecule has 12 heteroatoms. The maximum absolute atomic E-state index is 12.0. The maximum atomic E-state index is 12.0. The number of hydrogen-bond acceptors (Lipinski definition) is 6. The van der Waals surface area contributed by atoms with Crippen molar-refractivity contribution in [2.45, 2.75) is 137 Å². The second-order valence-corrected chi connectivity index (χ2v) is 16.1. The Labute approximate surface area is 341 Å². The van der Waals surface area contributed by atoms with Crippen LogP contribution >= 0.6 is 0 Å². The fourth-order valence-electron chi connectivity index (χ4n) is 8.69. The molecule has 10 N–H and O–H groups in total. The van der Waals surface area contributed by atoms with E-state index in [0.29, 0.717) is 19.4 Å². The van der Waals surface area contributed by atoms with Crippen molar-refractivity contribution in [2.24, 2.45) is 5.73 Å². The number of aromatic nitrogens is 4. The molecule has 1 aliphatic heterocycles. The number of hydrogen-bond donors (Lipinski definition) is 9. The topological polar surface area (TPSA) is 205 Å². The quantitative estimate of drug-likeness (QED) is 0.0493. The van der Waals surface area contributed by atoms with Crippen molar-refractivity contribution < 1.29 is 30.0 Å². The fourth-order valence-corrected chi connectivity index (χ4v) is 8.69. The Morgan fingerprint density at radius 3 is 1.79 bits per heavy atom. The minimum atomic E-state index is -0.886. The lowest BCUT2D eigenvalue weighted by Gasteiger charge is -2.09. The standard InChI is InChI=1S/C46H66N6O6/c1-27-33(15-17-43(55)56)38-25-42-34(16-18-44(57)58)28(2)41(52(42)22-14-10-9-13-21-48-20-12-8-7-11-19-47)26-40-46(32(6)54)30(4)37(51-40)24-39-45(31(5)53)29(3)36(50-39)23-35(27)49-38/h23-26,31-32,48-51,53-54H,7-22,47H2,1-6H3,(H,55,56)(H,57,58). The predicted octanol–water partition coefficient (Wildman–Crippen LogP) is 4.14. The van der Waals surface area contributed by atoms with Crippen LogP contribution in [0.3, 0.4) is 0 Å². The first-order valence-electron chi connectivity index (χ1n) is 21.2. The largest absolute Gasteiger partial charge is 0.481 e. The summed E-state index contributed by atoms with van der Waals surface area (Å²) >= 11 is 0. The number of nitrogens with two attached hydrogens (primary N) is 1. The molecule has 0 aromatic carbocycles. The lowest BCUT2D eigenvalue weighted by atomic mass is 10.0. The van der Waals surface area contributed by atoms with Crippen LogP contribution in [0, 0.1) is 27.7 Å². The van der Waals surface area contributed by atoms with Gasteiger partial charge in [0.1, 0.15) is 0 Å². The van der Waals surface area contributed by atoms with Crippen LogP contribution in [-0.4, -0.2) is 71.5 Å². The third-order valence-electron chi connectivity index (χ3n) is 11.9. The molecule has 58 heavy (non-hydrogen) atoms. The van der Waals surface area contributed by atoms with Crippen LogP contribution in [0.1, 0.15) is 158 Å². The number of nitrogens with one attached hydrogen (secondary N) is 4. The number of aliphatic carboxylic acids is 2. The van der Waals surface area contributed by atoms with Gasteiger partial charge in [0.25, 0.3) is 0 Å². The van der Waals surface area contributed by atoms with Crippen molar-refractivity contribution in [3.8, 4) is 0 Å². The van der Waals surface area contributed by atoms with Gasteiger partial charge in [-0.2, -0.15) is 0 Å². The third kappa shape index (κ3) is 10.5. The zero-order valence-corrected chi connectivity index (χ0v) is 35.4. The van der Waals surface area contributed by atoms with Crippen LogP contribution in [-0.2, 0) is 29.0 Å². The summed E-state index contributed by atoms with van der Waals surface area (Å²) < 4.78 is 2.29. The molecular formula is C46H66N6O6. The number of carboxylic acid groups (broad SMARTS) is 2. The van der Waals surface area contributed by atoms with Gasteiger partial charge in [-0.15, -0.1) is 0 Å². The molecule has 0 amide bonds. The van der Waals surface area contributed by atoms with E-state index in [2.05, 4.69) is 37.0 Å². The van der Waals surface area contributed by atoms with E-state index in [4.69, 9.17) is 5.73 Å². The third-order valence-corrected chi connectivity index (χ3v) is 11.9. The highest BCUT2D eigenvalue weighted by Gasteiger charge is 2.21. The fraction of sp³-hybridized carbons (Fsp3) is 0.522. The van der Waals surface area contributed by atoms with E-state index in [1.807, 2.05) is 39.8 Å². The smallest absolute Gasteiger partial charge is 0.303 e. The van der Waals surface area contributed by atoms with E-state index in [1.165, 1.54) is 19.3 Å². The van der Waals surface area contributed by atoms with Gasteiger partial charge >= 0.3 is 11.9 Å². The number of aliphatic hydroxyl groups is 2. The molecule has 4 aromatic rings. The number of unbranched alkanes of at least 4 members (excludes halogenated alkanes) is 6. The molecule has 12 nitrogen and oxygen atoms in total. The highest BCUT2D eigenvalue weighted by atomic mass is 16.4. The first-order chi connectivity index (χ1) is 27.7. The number of H-pyrrole nitrogens is 3. The number of nitrogens with zero attached hydrogens (tertiary/aromatic N) is 1. The van der Waals surface area contributed by atoms with Gasteiger partial charge in [0.05, 0.1) is 12.2 Å². The molecule has 0 aliphatic carbocycles. The summed E-state index contributed by atoms with van der Waals surface area (Å²) in [5.74, 6) is -1.77. The highest BCUT2D eigenvalue weighted by molar-refractivity contribution is 5.70. The molecule has 4 aromatic heterocycles. The Morgan fingerprint density at radius 2 is 1.17 bits per heavy atom. The number of carboxylic acids is 2. The molecule has 2 unspecified atom stereocenters. The summed E-state index contributed by atoms with van der Waals surface area (Å²) in [6.07, 6.45) is 15.9. The molecule has 2 atom stereocenters. The number of fused-ring (bicyclic) bond motifs is 8. The van der Waals surface area contributed by atoms with E-state index in [1.54, 1.807) is 13.8 Å². The summed E-state index contributed by atoms with van der Waals surface area (Å²) in [5.41, 5.74) is 15.8. The maximum Gasteiger partial charge on any atom is 0.303 e. The van der Waals surface area contributed by atoms with Crippen molar-refractivity contribution in [3.05, 3.63) is 88.7 Å². The van der Waals surface area contributed by atoms with Crippen LogP contribution in [0.4, 0.5) is 0 Å². The van der Waals surface area contributed by atoms with Crippen LogP contribution in [0.15, 0.2) is 0 Å². The SMILES string of the molecule is Cc1c2[nH]c(c1CCC(=O)O)C=c1c(CCC(=O)O)c(C)c(n1CCCCCCNCCCCCCN)=Cc1[nH]c(c(C)c1C(C)O)C=c1[nH]c(c(C)c1C(C)O)=C2. The first kappa shape index (κ1) is 44.5. The van der Waals surface area contributed by atoms with Crippen molar-refractivity contribution in [2.75, 3.05) is 19.6 Å². The molecule has 0 radical (unpaired) electrons. The van der Waals surface area contributed by atoms with Gasteiger partial charge in [0.15, 0.2) is 0 Å². The van der Waals surface area contributed by atoms with Crippen molar-refractivity contribution in [3.63, 3.8) is 0 Å². The highest BCUT2D eigenvalue weighted by Crippen LogP contribution is 2.27. The number of aromatic amines is 3. The first-order valence-corrected chi connectivity index (χ1v) is 21.2. The van der Waals surface area contributed by atoms with E-state index < -0.39 is 24.1 Å². The molecule has 0 saturated carbocycles. The molecule has 0 fully saturated rings. The van der Waals surface area contributed by atoms with Gasteiger partial charge in [-0.05, 0) is 157 Å². The van der Waals surface area contributed by atoms with Gasteiger partial charge in [-0.1, -0.05) is 25.7 Å². The zero-order chi connectivity index (χ0) is 42.1. The predicted molar refractivity (Wildman–Crippen MR) is 231 cm³/mol. The van der Waals surface area contributed by atoms with Gasteiger partial charge in [0.2, 0.25) is 0 Å². The Balaban J connectivity index is 1.70. The summed E-state index contributed by atoms with van der Waals surface area (Å²) in [5, 5.41) is 48.8. The second-order valence-electron chi connectivity index (χ2n) is 16.1. The monoisotopic (exact) mass is 799 g/mol. The average Bonchev–Trinajstić information content (AvgIpc) is 3.82. The number of carbonyl (C=O) groups is 2. The lowest BCUT2D eigenvalue weighted by molar-refractivity contribution is -0.138. The Bertz CT molecular complexity index is 2320. The van der Waals surface area contributed by atoms with Crippen LogP contribution in [0.25, 0.3) is 24.3 Å². The van der Waals surface area contributed by atoms with Crippen molar-refractivity contribution in [1.82, 2.24) is 24.8 Å². The summed E-state index contributed by atoms with van der Waals surface area (Å²) in [6, 6.07) is 0. The van der Waals surface area contributed by atoms with Crippen LogP contribution in [0.2, 0.25) is 0 Å². The van der Waals surface area contributed by atoms with E-state index in [0.717, 1.165) is 140 Å². The second kappa shape index (κ2) is 20.4. The molecule has 5 heterocycles. The Kier molecular flexibility index (Phi) is 15.6. The zero-order valence-electron chi connectivity index (χ0n) is 35.4. The van der Waals surface area contributed by atoms with E-state index >= 15 is 0 Å². The molecule has 5 rings (SSSR count). The summed E-state index contributed by atoms with van der Waals surface area (Å²) in [6.45, 7) is 15.0. The molecule has 8 bridgehead atoms. The van der Waals surface area contributed by atoms with Crippen molar-refractivity contribution in [1.29, 1.82) is 0 Å². The molecular weight excluding hydrogens is 733 g/mol. The lowest BCUT2D eigenvalue weighted by Crippen LogP contribution is -2.29. The minimum absolute atomic E-state index is 0.0424. The van der Waals surface area contributed by atoms with Gasteiger partial charge in [-0.25, -0.2) is 0 Å². The molecule has 1 aliphatic rings. The Morgan fingerprint density at radius 1 is 0.621 bits per heavy atom. The normalized spacial score (nSPS) is 13.4. The average molecular weight is 799 g/mol. The van der Waals surface area contributed by atoms with Gasteiger partial charge in [0, 0.05) is 74.7 Å². The van der Waals surface area contributed by atoms with Crippen LogP contribution in [0.5, 0.6) is 0 Å². The van der Waals surface area contributed by atoms with Gasteiger partial charge in [-0.3, -0.25) is 9.59 Å². The van der Waals surface area contributed by atoms with E-state index in [-0.39, 0.29) is 12.8 Å².